The van der Waals surface area contributed by atoms with E-state index in [2.05, 4.69) is 15.4 Å². The lowest BCUT2D eigenvalue weighted by Gasteiger charge is -2.22. The van der Waals surface area contributed by atoms with Crippen molar-refractivity contribution in [1.82, 2.24) is 19.7 Å². The van der Waals surface area contributed by atoms with Crippen LogP contribution in [0.15, 0.2) is 66.7 Å². The lowest BCUT2D eigenvalue weighted by Crippen LogP contribution is -2.41. The van der Waals surface area contributed by atoms with Crippen LogP contribution in [-0.2, 0) is 33.8 Å². The van der Waals surface area contributed by atoms with Gasteiger partial charge in [0.15, 0.2) is 5.69 Å². The largest absolute Gasteiger partial charge is 0.364 e. The molecule has 204 valence electrons. The molecule has 1 saturated carbocycles. The molecule has 0 unspecified atom stereocenters. The number of primary amides is 1. The fourth-order valence-electron chi connectivity index (χ4n) is 4.59. The van der Waals surface area contributed by atoms with Crippen molar-refractivity contribution in [3.8, 4) is 0 Å². The highest BCUT2D eigenvalue weighted by Crippen LogP contribution is 2.28. The molecule has 2 heterocycles. The van der Waals surface area contributed by atoms with Gasteiger partial charge < -0.3 is 16.0 Å². The standard InChI is InChI=1S/C29H27ClN6O4/c30-24-7-4-8-25(32-24)33-26(38)16-35(20-10-11-20)27(39)17-36-23-12-9-19(15-22(23)28(34-36)29(31)40)14-21(37)13-18-5-2-1-3-6-18/h1-9,12,15,20H,10-11,13-14,16-17H2,(H2,31,40)(H,32,33,38). The van der Waals surface area contributed by atoms with Crippen LogP contribution >= 0.6 is 11.6 Å². The molecule has 40 heavy (non-hydrogen) atoms. The van der Waals surface area contributed by atoms with Gasteiger partial charge in [-0.15, -0.1) is 0 Å². The van der Waals surface area contributed by atoms with Crippen molar-refractivity contribution in [3.63, 3.8) is 0 Å². The number of rotatable bonds is 11. The lowest BCUT2D eigenvalue weighted by atomic mass is 10.0. The van der Waals surface area contributed by atoms with E-state index in [0.29, 0.717) is 28.7 Å². The molecule has 4 aromatic rings. The minimum Gasteiger partial charge on any atom is -0.364 e. The Balaban J connectivity index is 1.31. The number of carbonyl (C=O) groups excluding carboxylic acids is 4. The number of nitrogens with zero attached hydrogens (tertiary/aromatic N) is 4. The normalized spacial score (nSPS) is 12.7. The van der Waals surface area contributed by atoms with Gasteiger partial charge >= 0.3 is 0 Å². The molecule has 5 rings (SSSR count). The third-order valence-corrected chi connectivity index (χ3v) is 6.79. The van der Waals surface area contributed by atoms with Gasteiger partial charge in [-0.25, -0.2) is 4.98 Å². The molecule has 3 amide bonds. The number of carbonyl (C=O) groups is 4. The summed E-state index contributed by atoms with van der Waals surface area (Å²) in [5.74, 6) is -1.14. The Kier molecular flexibility index (Phi) is 7.88. The molecular weight excluding hydrogens is 532 g/mol. The third kappa shape index (κ3) is 6.52. The van der Waals surface area contributed by atoms with E-state index < -0.39 is 11.8 Å². The van der Waals surface area contributed by atoms with Gasteiger partial charge in [-0.2, -0.15) is 5.10 Å². The van der Waals surface area contributed by atoms with E-state index in [-0.39, 0.29) is 48.1 Å². The molecule has 2 aromatic heterocycles. The Morgan fingerprint density at radius 2 is 1.73 bits per heavy atom. The Morgan fingerprint density at radius 1 is 0.975 bits per heavy atom. The first-order valence-electron chi connectivity index (χ1n) is 12.8. The maximum absolute atomic E-state index is 13.3. The predicted octanol–water partition coefficient (Wildman–Crippen LogP) is 3.17. The van der Waals surface area contributed by atoms with Crippen LogP contribution in [0.4, 0.5) is 5.82 Å². The molecule has 2 aromatic carbocycles. The second kappa shape index (κ2) is 11.7. The number of halogens is 1. The van der Waals surface area contributed by atoms with Crippen molar-refractivity contribution >= 4 is 51.8 Å². The zero-order chi connectivity index (χ0) is 28.2. The number of aromatic nitrogens is 3. The number of nitrogens with two attached hydrogens (primary N) is 1. The average Bonchev–Trinajstić information content (AvgIpc) is 3.69. The van der Waals surface area contributed by atoms with E-state index in [1.807, 2.05) is 30.3 Å². The number of benzene rings is 2. The first kappa shape index (κ1) is 27.0. The summed E-state index contributed by atoms with van der Waals surface area (Å²) in [6.45, 7) is -0.345. The summed E-state index contributed by atoms with van der Waals surface area (Å²) in [5.41, 5.74) is 7.79. The number of hydrogen-bond acceptors (Lipinski definition) is 6. The number of anilines is 1. The van der Waals surface area contributed by atoms with Crippen molar-refractivity contribution < 1.29 is 19.2 Å². The van der Waals surface area contributed by atoms with E-state index >= 15 is 0 Å². The molecule has 0 saturated heterocycles. The second-order valence-electron chi connectivity index (χ2n) is 9.75. The molecule has 1 aliphatic carbocycles. The maximum Gasteiger partial charge on any atom is 0.269 e. The molecule has 1 fully saturated rings. The van der Waals surface area contributed by atoms with Crippen molar-refractivity contribution in [3.05, 3.63) is 88.7 Å². The van der Waals surface area contributed by atoms with Gasteiger partial charge in [0.25, 0.3) is 5.91 Å². The van der Waals surface area contributed by atoms with Gasteiger partial charge in [-0.1, -0.05) is 54.1 Å². The third-order valence-electron chi connectivity index (χ3n) is 6.58. The zero-order valence-electron chi connectivity index (χ0n) is 21.5. The summed E-state index contributed by atoms with van der Waals surface area (Å²) in [6, 6.07) is 19.5. The van der Waals surface area contributed by atoms with Crippen LogP contribution in [0.1, 0.15) is 34.5 Å². The predicted molar refractivity (Wildman–Crippen MR) is 150 cm³/mol. The SMILES string of the molecule is NC(=O)c1nn(CC(=O)N(CC(=O)Nc2cccc(Cl)n2)C2CC2)c2ccc(CC(=O)Cc3ccccc3)cc12. The van der Waals surface area contributed by atoms with E-state index in [1.54, 1.807) is 36.4 Å². The highest BCUT2D eigenvalue weighted by atomic mass is 35.5. The van der Waals surface area contributed by atoms with Gasteiger partial charge in [0, 0.05) is 24.3 Å². The first-order valence-corrected chi connectivity index (χ1v) is 13.2. The van der Waals surface area contributed by atoms with Crippen molar-refractivity contribution in [2.24, 2.45) is 5.73 Å². The zero-order valence-corrected chi connectivity index (χ0v) is 22.3. The summed E-state index contributed by atoms with van der Waals surface area (Å²) in [6.07, 6.45) is 2.06. The number of fused-ring (bicyclic) bond motifs is 1. The average molecular weight is 559 g/mol. The van der Waals surface area contributed by atoms with Crippen molar-refractivity contribution in [2.45, 2.75) is 38.3 Å². The summed E-state index contributed by atoms with van der Waals surface area (Å²) in [7, 11) is 0. The smallest absolute Gasteiger partial charge is 0.269 e. The molecule has 0 spiro atoms. The topological polar surface area (TPSA) is 140 Å². The Hall–Kier alpha value is -4.57. The monoisotopic (exact) mass is 558 g/mol. The van der Waals surface area contributed by atoms with Crippen LogP contribution in [0.2, 0.25) is 5.15 Å². The van der Waals surface area contributed by atoms with Gasteiger partial charge in [0.05, 0.1) is 5.52 Å². The summed E-state index contributed by atoms with van der Waals surface area (Å²) >= 11 is 5.89. The van der Waals surface area contributed by atoms with Gasteiger partial charge in [-0.05, 0) is 48.2 Å². The van der Waals surface area contributed by atoms with Crippen molar-refractivity contribution in [1.29, 1.82) is 0 Å². The molecule has 1 aliphatic rings. The highest BCUT2D eigenvalue weighted by molar-refractivity contribution is 6.29. The summed E-state index contributed by atoms with van der Waals surface area (Å²) < 4.78 is 1.42. The van der Waals surface area contributed by atoms with Crippen LogP contribution in [0, 0.1) is 0 Å². The highest BCUT2D eigenvalue weighted by Gasteiger charge is 2.34. The van der Waals surface area contributed by atoms with Crippen LogP contribution in [0.25, 0.3) is 10.9 Å². The van der Waals surface area contributed by atoms with E-state index in [1.165, 1.54) is 9.58 Å². The maximum atomic E-state index is 13.3. The van der Waals surface area contributed by atoms with Crippen LogP contribution in [-0.4, -0.2) is 55.8 Å². The van der Waals surface area contributed by atoms with E-state index in [0.717, 1.165) is 18.4 Å². The van der Waals surface area contributed by atoms with Crippen LogP contribution in [0.3, 0.4) is 0 Å². The first-order chi connectivity index (χ1) is 19.3. The number of ketones is 1. The molecule has 0 radical (unpaired) electrons. The molecule has 10 nitrogen and oxygen atoms in total. The van der Waals surface area contributed by atoms with Gasteiger partial charge in [0.1, 0.15) is 29.8 Å². The van der Waals surface area contributed by atoms with E-state index in [9.17, 15) is 19.2 Å². The van der Waals surface area contributed by atoms with Crippen LogP contribution in [0.5, 0.6) is 0 Å². The molecule has 11 heteroatoms. The quantitative estimate of drug-likeness (QED) is 0.271. The number of hydrogen-bond donors (Lipinski definition) is 2. The molecule has 0 atom stereocenters. The number of nitrogens with one attached hydrogen (secondary N) is 1. The number of Topliss-reactive ketones (excluding diaryl/α,β-unsaturated/α-hetero) is 1. The molecule has 0 bridgehead atoms. The number of pyridine rings is 1. The van der Waals surface area contributed by atoms with Gasteiger partial charge in [-0.3, -0.25) is 23.9 Å². The Labute approximate surface area is 235 Å². The minimum absolute atomic E-state index is 0.0166. The molecule has 0 aliphatic heterocycles. The Morgan fingerprint density at radius 3 is 2.42 bits per heavy atom. The molecular formula is C29H27ClN6O4. The van der Waals surface area contributed by atoms with E-state index in [4.69, 9.17) is 17.3 Å². The van der Waals surface area contributed by atoms with Crippen LogP contribution < -0.4 is 11.1 Å². The lowest BCUT2D eigenvalue weighted by molar-refractivity contribution is -0.135. The van der Waals surface area contributed by atoms with Gasteiger partial charge in [0.2, 0.25) is 11.8 Å². The fourth-order valence-corrected chi connectivity index (χ4v) is 4.76. The fraction of sp³-hybridized carbons (Fsp3) is 0.241. The number of amides is 3. The minimum atomic E-state index is -0.739. The van der Waals surface area contributed by atoms with Crippen molar-refractivity contribution in [2.75, 3.05) is 11.9 Å². The second-order valence-corrected chi connectivity index (χ2v) is 10.1. The molecule has 3 N–H and O–H groups in total. The Bertz CT molecular complexity index is 1600. The summed E-state index contributed by atoms with van der Waals surface area (Å²) in [4.78, 5) is 56.4. The summed E-state index contributed by atoms with van der Waals surface area (Å²) in [5, 5.41) is 7.69.